The zero-order valence-corrected chi connectivity index (χ0v) is 9.64. The van der Waals surface area contributed by atoms with Crippen molar-refractivity contribution in [3.05, 3.63) is 42.5 Å². The van der Waals surface area contributed by atoms with Gasteiger partial charge in [-0.05, 0) is 24.3 Å². The zero-order valence-electron chi connectivity index (χ0n) is 9.64. The van der Waals surface area contributed by atoms with Crippen molar-refractivity contribution in [2.24, 2.45) is 0 Å². The first-order valence-corrected chi connectivity index (χ1v) is 5.47. The van der Waals surface area contributed by atoms with Crippen molar-refractivity contribution in [2.75, 3.05) is 11.1 Å². The van der Waals surface area contributed by atoms with Crippen LogP contribution in [0.2, 0.25) is 0 Å². The molecule has 1 heterocycles. The Kier molecular flexibility index (Phi) is 3.57. The van der Waals surface area contributed by atoms with Crippen LogP contribution in [0, 0.1) is 5.82 Å². The Balaban J connectivity index is 1.91. The second-order valence-corrected chi connectivity index (χ2v) is 3.80. The van der Waals surface area contributed by atoms with Crippen molar-refractivity contribution in [1.82, 2.24) is 9.78 Å². The van der Waals surface area contributed by atoms with Crippen molar-refractivity contribution >= 4 is 17.3 Å². The van der Waals surface area contributed by atoms with E-state index in [0.717, 1.165) is 0 Å². The van der Waals surface area contributed by atoms with Crippen LogP contribution in [-0.4, -0.2) is 15.7 Å². The fraction of sp³-hybridized carbons (Fsp3) is 0.167. The molecule has 0 spiro atoms. The van der Waals surface area contributed by atoms with Gasteiger partial charge in [0.05, 0.1) is 11.4 Å². The molecule has 0 saturated carbocycles. The number of benzene rings is 1. The summed E-state index contributed by atoms with van der Waals surface area (Å²) in [5.41, 5.74) is 6.22. The maximum absolute atomic E-state index is 12.8. The quantitative estimate of drug-likeness (QED) is 0.808. The monoisotopic (exact) mass is 248 g/mol. The standard InChI is InChI=1S/C12H13FN4O/c13-9-2-3-11(10(14)8-9)16-12(18)4-7-17-6-1-5-15-17/h1-3,5-6,8H,4,7,14H2,(H,16,18). The van der Waals surface area contributed by atoms with E-state index < -0.39 is 5.82 Å². The third-order valence-electron chi connectivity index (χ3n) is 2.41. The van der Waals surface area contributed by atoms with Gasteiger partial charge < -0.3 is 11.1 Å². The summed E-state index contributed by atoms with van der Waals surface area (Å²) < 4.78 is 14.5. The fourth-order valence-corrected chi connectivity index (χ4v) is 1.51. The highest BCUT2D eigenvalue weighted by Crippen LogP contribution is 2.19. The first-order valence-electron chi connectivity index (χ1n) is 5.47. The van der Waals surface area contributed by atoms with Crippen molar-refractivity contribution in [2.45, 2.75) is 13.0 Å². The highest BCUT2D eigenvalue weighted by Gasteiger charge is 2.06. The van der Waals surface area contributed by atoms with Gasteiger partial charge in [0, 0.05) is 25.4 Å². The minimum atomic E-state index is -0.429. The molecule has 18 heavy (non-hydrogen) atoms. The van der Waals surface area contributed by atoms with E-state index in [4.69, 9.17) is 5.73 Å². The number of amides is 1. The normalized spacial score (nSPS) is 10.3. The first kappa shape index (κ1) is 12.1. The number of nitrogen functional groups attached to an aromatic ring is 1. The van der Waals surface area contributed by atoms with E-state index in [9.17, 15) is 9.18 Å². The number of hydrogen-bond donors (Lipinski definition) is 2. The Morgan fingerprint density at radius 2 is 2.33 bits per heavy atom. The molecular formula is C12H13FN4O. The van der Waals surface area contributed by atoms with Gasteiger partial charge in [-0.2, -0.15) is 5.10 Å². The summed E-state index contributed by atoms with van der Waals surface area (Å²) in [5.74, 6) is -0.620. The molecule has 1 aromatic heterocycles. The fourth-order valence-electron chi connectivity index (χ4n) is 1.51. The lowest BCUT2D eigenvalue weighted by Crippen LogP contribution is -2.15. The van der Waals surface area contributed by atoms with Gasteiger partial charge in [0.25, 0.3) is 0 Å². The summed E-state index contributed by atoms with van der Waals surface area (Å²) in [6.45, 7) is 0.486. The predicted octanol–water partition coefficient (Wildman–Crippen LogP) is 1.63. The van der Waals surface area contributed by atoms with Gasteiger partial charge in [0.1, 0.15) is 5.82 Å². The van der Waals surface area contributed by atoms with Crippen LogP contribution in [0.25, 0.3) is 0 Å². The van der Waals surface area contributed by atoms with Crippen LogP contribution in [0.15, 0.2) is 36.7 Å². The van der Waals surface area contributed by atoms with Gasteiger partial charge in [-0.15, -0.1) is 0 Å². The van der Waals surface area contributed by atoms with Crippen LogP contribution >= 0.6 is 0 Å². The topological polar surface area (TPSA) is 72.9 Å². The number of carbonyl (C=O) groups excluding carboxylic acids is 1. The Morgan fingerprint density at radius 1 is 1.50 bits per heavy atom. The number of nitrogens with zero attached hydrogens (tertiary/aromatic N) is 2. The second kappa shape index (κ2) is 5.31. The molecule has 0 unspecified atom stereocenters. The summed E-state index contributed by atoms with van der Waals surface area (Å²) in [6, 6.07) is 5.65. The van der Waals surface area contributed by atoms with Crippen molar-refractivity contribution < 1.29 is 9.18 Å². The molecule has 0 aliphatic heterocycles. The molecule has 1 aromatic carbocycles. The number of halogens is 1. The number of nitrogens with two attached hydrogens (primary N) is 1. The number of hydrogen-bond acceptors (Lipinski definition) is 3. The van der Waals surface area contributed by atoms with Crippen molar-refractivity contribution in [1.29, 1.82) is 0 Å². The van der Waals surface area contributed by atoms with E-state index in [0.29, 0.717) is 12.2 Å². The Labute approximate surface area is 103 Å². The van der Waals surface area contributed by atoms with Crippen LogP contribution in [0.4, 0.5) is 15.8 Å². The molecule has 2 aromatic rings. The van der Waals surface area contributed by atoms with E-state index >= 15 is 0 Å². The number of carbonyl (C=O) groups is 1. The molecule has 1 amide bonds. The molecule has 5 nitrogen and oxygen atoms in total. The molecule has 0 aliphatic carbocycles. The first-order chi connectivity index (χ1) is 8.65. The lowest BCUT2D eigenvalue weighted by Gasteiger charge is -2.08. The van der Waals surface area contributed by atoms with Crippen LogP contribution < -0.4 is 11.1 Å². The summed E-state index contributed by atoms with van der Waals surface area (Å²) >= 11 is 0. The second-order valence-electron chi connectivity index (χ2n) is 3.80. The summed E-state index contributed by atoms with van der Waals surface area (Å²) in [7, 11) is 0. The molecule has 0 saturated heterocycles. The highest BCUT2D eigenvalue weighted by molar-refractivity contribution is 5.93. The molecule has 0 aliphatic rings. The third-order valence-corrected chi connectivity index (χ3v) is 2.41. The van der Waals surface area contributed by atoms with Gasteiger partial charge >= 0.3 is 0 Å². The molecule has 94 valence electrons. The van der Waals surface area contributed by atoms with E-state index in [1.54, 1.807) is 23.1 Å². The largest absolute Gasteiger partial charge is 0.397 e. The molecular weight excluding hydrogens is 235 g/mol. The van der Waals surface area contributed by atoms with Crippen LogP contribution in [0.5, 0.6) is 0 Å². The number of rotatable bonds is 4. The van der Waals surface area contributed by atoms with E-state index in [1.807, 2.05) is 0 Å². The van der Waals surface area contributed by atoms with E-state index in [-0.39, 0.29) is 18.0 Å². The van der Waals surface area contributed by atoms with Crippen LogP contribution in [-0.2, 0) is 11.3 Å². The number of aromatic nitrogens is 2. The lowest BCUT2D eigenvalue weighted by atomic mass is 10.2. The zero-order chi connectivity index (χ0) is 13.0. The number of nitrogens with one attached hydrogen (secondary N) is 1. The maximum atomic E-state index is 12.8. The molecule has 0 atom stereocenters. The van der Waals surface area contributed by atoms with E-state index in [1.165, 1.54) is 18.2 Å². The Hall–Kier alpha value is -2.37. The average molecular weight is 248 g/mol. The maximum Gasteiger partial charge on any atom is 0.226 e. The number of anilines is 2. The van der Waals surface area contributed by atoms with Gasteiger partial charge in [0.15, 0.2) is 0 Å². The minimum Gasteiger partial charge on any atom is -0.397 e. The lowest BCUT2D eigenvalue weighted by molar-refractivity contribution is -0.116. The van der Waals surface area contributed by atoms with Crippen molar-refractivity contribution in [3.8, 4) is 0 Å². The summed E-state index contributed by atoms with van der Waals surface area (Å²) in [4.78, 5) is 11.6. The molecule has 3 N–H and O–H groups in total. The average Bonchev–Trinajstić information content (AvgIpc) is 2.83. The van der Waals surface area contributed by atoms with Crippen molar-refractivity contribution in [3.63, 3.8) is 0 Å². The summed E-state index contributed by atoms with van der Waals surface area (Å²) in [6.07, 6.45) is 3.70. The molecule has 0 bridgehead atoms. The summed E-state index contributed by atoms with van der Waals surface area (Å²) in [5, 5.41) is 6.61. The molecule has 2 rings (SSSR count). The Morgan fingerprint density at radius 3 is 3.00 bits per heavy atom. The van der Waals surface area contributed by atoms with Gasteiger partial charge in [-0.25, -0.2) is 4.39 Å². The predicted molar refractivity (Wildman–Crippen MR) is 66.3 cm³/mol. The van der Waals surface area contributed by atoms with Gasteiger partial charge in [0.2, 0.25) is 5.91 Å². The molecule has 0 fully saturated rings. The van der Waals surface area contributed by atoms with Gasteiger partial charge in [-0.1, -0.05) is 0 Å². The van der Waals surface area contributed by atoms with Gasteiger partial charge in [-0.3, -0.25) is 9.48 Å². The SMILES string of the molecule is Nc1cc(F)ccc1NC(=O)CCn1cccn1. The smallest absolute Gasteiger partial charge is 0.226 e. The highest BCUT2D eigenvalue weighted by atomic mass is 19.1. The molecule has 6 heteroatoms. The molecule has 0 radical (unpaired) electrons. The van der Waals surface area contributed by atoms with Crippen LogP contribution in [0.3, 0.4) is 0 Å². The Bertz CT molecular complexity index is 539. The van der Waals surface area contributed by atoms with Crippen LogP contribution in [0.1, 0.15) is 6.42 Å². The minimum absolute atomic E-state index is 0.191. The van der Waals surface area contributed by atoms with E-state index in [2.05, 4.69) is 10.4 Å². The number of aryl methyl sites for hydroxylation is 1. The third kappa shape index (κ3) is 3.07.